The number of rotatable bonds is 5. The smallest absolute Gasteiger partial charge is 0.198 e. The van der Waals surface area contributed by atoms with E-state index in [0.717, 1.165) is 18.4 Å². The molecule has 2 rings (SSSR count). The molecule has 97 valence electrons. The molecule has 0 amide bonds. The summed E-state index contributed by atoms with van der Waals surface area (Å²) in [4.78, 5) is 4.33. The molecule has 0 spiro atoms. The third-order valence-corrected chi connectivity index (χ3v) is 3.09. The molecule has 2 aromatic heterocycles. The third kappa shape index (κ3) is 4.66. The largest absolute Gasteiger partial charge is 0.388 e. The molecular weight excluding hydrogens is 337 g/mol. The molecule has 19 heavy (non-hydrogen) atoms. The quantitative estimate of drug-likeness (QED) is 0.634. The second-order valence-electron chi connectivity index (χ2n) is 3.98. The SMILES string of the molecule is CCCCC(O)c1ccc(Br)nc1-c1nnn[nH]1.[K]. The van der Waals surface area contributed by atoms with Gasteiger partial charge in [-0.1, -0.05) is 25.8 Å². The number of aliphatic hydroxyl groups is 1. The summed E-state index contributed by atoms with van der Waals surface area (Å²) in [7, 11) is 0. The molecule has 1 unspecified atom stereocenters. The Morgan fingerprint density at radius 3 is 2.84 bits per heavy atom. The van der Waals surface area contributed by atoms with Crippen LogP contribution in [0.3, 0.4) is 0 Å². The van der Waals surface area contributed by atoms with Gasteiger partial charge in [0.2, 0.25) is 0 Å². The van der Waals surface area contributed by atoms with Crippen molar-refractivity contribution in [3.63, 3.8) is 0 Å². The van der Waals surface area contributed by atoms with Crippen LogP contribution < -0.4 is 0 Å². The molecule has 2 N–H and O–H groups in total. The predicted octanol–water partition coefficient (Wildman–Crippen LogP) is 1.87. The van der Waals surface area contributed by atoms with E-state index >= 15 is 0 Å². The minimum absolute atomic E-state index is 0. The number of nitrogens with zero attached hydrogens (tertiary/aromatic N) is 4. The van der Waals surface area contributed by atoms with Gasteiger partial charge in [-0.25, -0.2) is 10.1 Å². The van der Waals surface area contributed by atoms with E-state index < -0.39 is 6.10 Å². The Bertz CT molecular complexity index is 508. The molecule has 0 aliphatic rings. The molecule has 0 fully saturated rings. The van der Waals surface area contributed by atoms with Crippen LogP contribution in [0.5, 0.6) is 0 Å². The molecule has 0 aliphatic heterocycles. The second-order valence-corrected chi connectivity index (χ2v) is 4.79. The number of pyridine rings is 1. The molecular formula is C11H14BrKN5O. The molecule has 1 radical (unpaired) electrons. The molecule has 2 heterocycles. The Labute approximate surface area is 162 Å². The number of aromatic nitrogens is 5. The number of halogens is 1. The maximum absolute atomic E-state index is 10.2. The van der Waals surface area contributed by atoms with Crippen LogP contribution in [0, 0.1) is 0 Å². The topological polar surface area (TPSA) is 87.6 Å². The van der Waals surface area contributed by atoms with E-state index in [-0.39, 0.29) is 51.4 Å². The fourth-order valence-corrected chi connectivity index (χ4v) is 2.03. The minimum atomic E-state index is -0.550. The van der Waals surface area contributed by atoms with Crippen molar-refractivity contribution in [2.45, 2.75) is 32.3 Å². The number of H-pyrrole nitrogens is 1. The van der Waals surface area contributed by atoms with Crippen LogP contribution >= 0.6 is 15.9 Å². The van der Waals surface area contributed by atoms with Crippen molar-refractivity contribution in [2.24, 2.45) is 0 Å². The van der Waals surface area contributed by atoms with Gasteiger partial charge < -0.3 is 5.11 Å². The summed E-state index contributed by atoms with van der Waals surface area (Å²) in [6, 6.07) is 3.65. The van der Waals surface area contributed by atoms with Crippen LogP contribution in [0.1, 0.15) is 37.9 Å². The molecule has 0 saturated heterocycles. The average Bonchev–Trinajstić information content (AvgIpc) is 2.89. The summed E-state index contributed by atoms with van der Waals surface area (Å²) in [5.74, 6) is 0.460. The van der Waals surface area contributed by atoms with Gasteiger partial charge in [-0.15, -0.1) is 5.10 Å². The Balaban J connectivity index is 0.00000180. The van der Waals surface area contributed by atoms with Gasteiger partial charge in [-0.2, -0.15) is 0 Å². The van der Waals surface area contributed by atoms with Crippen molar-refractivity contribution in [3.8, 4) is 11.5 Å². The number of nitrogens with one attached hydrogen (secondary N) is 1. The van der Waals surface area contributed by atoms with Crippen molar-refractivity contribution in [1.29, 1.82) is 0 Å². The van der Waals surface area contributed by atoms with Crippen LogP contribution in [0.25, 0.3) is 11.5 Å². The van der Waals surface area contributed by atoms with Crippen molar-refractivity contribution in [2.75, 3.05) is 0 Å². The zero-order valence-electron chi connectivity index (χ0n) is 11.0. The van der Waals surface area contributed by atoms with E-state index in [4.69, 9.17) is 0 Å². The van der Waals surface area contributed by atoms with Gasteiger partial charge in [0, 0.05) is 56.9 Å². The zero-order valence-corrected chi connectivity index (χ0v) is 15.7. The molecule has 0 aromatic carbocycles. The Morgan fingerprint density at radius 1 is 1.42 bits per heavy atom. The summed E-state index contributed by atoms with van der Waals surface area (Å²) in [5, 5.41) is 23.8. The number of hydrogen-bond acceptors (Lipinski definition) is 5. The van der Waals surface area contributed by atoms with Crippen LogP contribution in [0.4, 0.5) is 0 Å². The number of hydrogen-bond donors (Lipinski definition) is 2. The van der Waals surface area contributed by atoms with Gasteiger partial charge in [0.15, 0.2) is 5.82 Å². The van der Waals surface area contributed by atoms with Crippen molar-refractivity contribution in [1.82, 2.24) is 25.6 Å². The Kier molecular flexibility index (Phi) is 7.81. The molecule has 0 saturated carbocycles. The normalized spacial score (nSPS) is 11.9. The van der Waals surface area contributed by atoms with Gasteiger partial charge in [0.1, 0.15) is 10.3 Å². The van der Waals surface area contributed by atoms with Gasteiger partial charge in [-0.05, 0) is 38.8 Å². The van der Waals surface area contributed by atoms with E-state index in [1.807, 2.05) is 6.07 Å². The van der Waals surface area contributed by atoms with E-state index in [9.17, 15) is 5.11 Å². The first-order valence-corrected chi connectivity index (χ1v) is 6.60. The number of unbranched alkanes of at least 4 members (excludes halogenated alkanes) is 1. The van der Waals surface area contributed by atoms with E-state index in [2.05, 4.69) is 48.5 Å². The average molecular weight is 351 g/mol. The molecule has 8 heteroatoms. The van der Waals surface area contributed by atoms with Crippen LogP contribution in [0.15, 0.2) is 16.7 Å². The summed E-state index contributed by atoms with van der Waals surface area (Å²) in [6.07, 6.45) is 2.16. The number of aliphatic hydroxyl groups excluding tert-OH is 1. The number of aromatic amines is 1. The standard InChI is InChI=1S/C11H14BrN5O.K/c1-2-3-4-8(18)7-5-6-9(12)13-10(7)11-14-16-17-15-11;/h5-6,8,18H,2-4H2,1H3,(H,14,15,16,17);. The molecule has 1 atom stereocenters. The summed E-state index contributed by atoms with van der Waals surface area (Å²) < 4.78 is 0.681. The zero-order chi connectivity index (χ0) is 13.0. The van der Waals surface area contributed by atoms with Crippen molar-refractivity contribution >= 4 is 67.3 Å². The maximum Gasteiger partial charge on any atom is 0.198 e. The summed E-state index contributed by atoms with van der Waals surface area (Å²) in [6.45, 7) is 2.09. The molecule has 0 bridgehead atoms. The predicted molar refractivity (Wildman–Crippen MR) is 75.3 cm³/mol. The molecule has 2 aromatic rings. The molecule has 6 nitrogen and oxygen atoms in total. The molecule has 0 aliphatic carbocycles. The van der Waals surface area contributed by atoms with E-state index in [0.29, 0.717) is 22.5 Å². The Morgan fingerprint density at radius 2 is 2.21 bits per heavy atom. The van der Waals surface area contributed by atoms with Gasteiger partial charge >= 0.3 is 0 Å². The van der Waals surface area contributed by atoms with Gasteiger partial charge in [0.05, 0.1) is 6.10 Å². The number of tetrazole rings is 1. The Hall–Kier alpha value is 0.296. The van der Waals surface area contributed by atoms with Gasteiger partial charge in [-0.3, -0.25) is 0 Å². The monoisotopic (exact) mass is 350 g/mol. The van der Waals surface area contributed by atoms with Crippen molar-refractivity contribution < 1.29 is 5.11 Å². The first-order valence-electron chi connectivity index (χ1n) is 5.81. The third-order valence-electron chi connectivity index (χ3n) is 2.65. The summed E-state index contributed by atoms with van der Waals surface area (Å²) in [5.41, 5.74) is 1.32. The van der Waals surface area contributed by atoms with E-state index in [1.165, 1.54) is 0 Å². The fraction of sp³-hybridized carbons (Fsp3) is 0.455. The minimum Gasteiger partial charge on any atom is -0.388 e. The van der Waals surface area contributed by atoms with Crippen LogP contribution in [0.2, 0.25) is 0 Å². The first-order chi connectivity index (χ1) is 8.72. The fourth-order valence-electron chi connectivity index (χ4n) is 1.72. The van der Waals surface area contributed by atoms with E-state index in [1.54, 1.807) is 6.07 Å². The van der Waals surface area contributed by atoms with Crippen LogP contribution in [-0.4, -0.2) is 82.1 Å². The van der Waals surface area contributed by atoms with Crippen LogP contribution in [-0.2, 0) is 0 Å². The van der Waals surface area contributed by atoms with Crippen molar-refractivity contribution in [3.05, 3.63) is 22.3 Å². The first kappa shape index (κ1) is 17.3. The summed E-state index contributed by atoms with van der Waals surface area (Å²) >= 11 is 3.31. The maximum atomic E-state index is 10.2. The van der Waals surface area contributed by atoms with Gasteiger partial charge in [0.25, 0.3) is 0 Å². The second kappa shape index (κ2) is 8.55.